The summed E-state index contributed by atoms with van der Waals surface area (Å²) in [6.45, 7) is 4.71. The van der Waals surface area contributed by atoms with Crippen LogP contribution >= 0.6 is 15.9 Å². The number of carbonyl (C=O) groups is 1. The van der Waals surface area contributed by atoms with Gasteiger partial charge in [-0.2, -0.15) is 0 Å². The van der Waals surface area contributed by atoms with Gasteiger partial charge in [0.15, 0.2) is 0 Å². The number of anilines is 1. The minimum atomic E-state index is 0.0724. The molecule has 0 atom stereocenters. The van der Waals surface area contributed by atoms with E-state index in [1.807, 2.05) is 24.3 Å². The smallest absolute Gasteiger partial charge is 0.227 e. The first-order valence-corrected chi connectivity index (χ1v) is 10.1. The van der Waals surface area contributed by atoms with E-state index in [1.165, 1.54) is 5.56 Å². The third kappa shape index (κ3) is 4.39. The van der Waals surface area contributed by atoms with Crippen LogP contribution < -0.4 is 5.32 Å². The van der Waals surface area contributed by atoms with Gasteiger partial charge in [0, 0.05) is 16.1 Å². The molecule has 140 valence electrons. The molecule has 1 amide bonds. The molecule has 1 aromatic heterocycles. The molecule has 27 heavy (non-hydrogen) atoms. The average Bonchev–Trinajstić information content (AvgIpc) is 3.05. The summed E-state index contributed by atoms with van der Waals surface area (Å²) in [5, 5.41) is 3.03. The Morgan fingerprint density at radius 2 is 1.96 bits per heavy atom. The van der Waals surface area contributed by atoms with Crippen molar-refractivity contribution in [2.75, 3.05) is 18.4 Å². The Bertz CT molecular complexity index is 942. The summed E-state index contributed by atoms with van der Waals surface area (Å²) in [5.41, 5.74) is 4.19. The highest BCUT2D eigenvalue weighted by Crippen LogP contribution is 2.22. The van der Waals surface area contributed by atoms with E-state index in [4.69, 9.17) is 0 Å². The molecule has 4 rings (SSSR count). The van der Waals surface area contributed by atoms with Gasteiger partial charge in [0.25, 0.3) is 0 Å². The Hall–Kier alpha value is -2.18. The fourth-order valence-corrected chi connectivity index (χ4v) is 3.86. The van der Waals surface area contributed by atoms with Crippen molar-refractivity contribution in [3.05, 3.63) is 58.3 Å². The number of piperidine rings is 1. The van der Waals surface area contributed by atoms with Gasteiger partial charge in [-0.15, -0.1) is 0 Å². The number of imidazole rings is 1. The number of amides is 1. The van der Waals surface area contributed by atoms with Gasteiger partial charge in [-0.05, 0) is 74.8 Å². The minimum Gasteiger partial charge on any atom is -0.341 e. The first kappa shape index (κ1) is 18.2. The highest BCUT2D eigenvalue weighted by atomic mass is 79.9. The minimum absolute atomic E-state index is 0.0724. The van der Waals surface area contributed by atoms with Crippen molar-refractivity contribution in [2.24, 2.45) is 5.92 Å². The SMILES string of the molecule is Cc1ccc2nc(CN3CCC(C(=O)Nc4ccc(Br)cc4)CC3)[nH]c2c1. The number of halogens is 1. The second kappa shape index (κ2) is 7.82. The maximum atomic E-state index is 12.5. The molecule has 1 aliphatic heterocycles. The lowest BCUT2D eigenvalue weighted by Crippen LogP contribution is -2.38. The largest absolute Gasteiger partial charge is 0.341 e. The highest BCUT2D eigenvalue weighted by Gasteiger charge is 2.25. The Balaban J connectivity index is 1.31. The normalized spacial score (nSPS) is 15.9. The van der Waals surface area contributed by atoms with E-state index < -0.39 is 0 Å². The molecule has 1 fully saturated rings. The van der Waals surface area contributed by atoms with E-state index in [-0.39, 0.29) is 11.8 Å². The maximum absolute atomic E-state index is 12.5. The van der Waals surface area contributed by atoms with E-state index in [0.717, 1.165) is 59.5 Å². The predicted molar refractivity (Wildman–Crippen MR) is 112 cm³/mol. The number of aromatic nitrogens is 2. The molecule has 6 heteroatoms. The molecule has 0 radical (unpaired) electrons. The zero-order valence-corrected chi connectivity index (χ0v) is 16.9. The van der Waals surface area contributed by atoms with Crippen molar-refractivity contribution < 1.29 is 4.79 Å². The monoisotopic (exact) mass is 426 g/mol. The summed E-state index contributed by atoms with van der Waals surface area (Å²) in [4.78, 5) is 23.0. The van der Waals surface area contributed by atoms with Crippen molar-refractivity contribution in [2.45, 2.75) is 26.3 Å². The van der Waals surface area contributed by atoms with Gasteiger partial charge in [0.2, 0.25) is 5.91 Å². The second-order valence-electron chi connectivity index (χ2n) is 7.25. The third-order valence-electron chi connectivity index (χ3n) is 5.13. The van der Waals surface area contributed by atoms with Crippen LogP contribution in [-0.4, -0.2) is 33.9 Å². The molecule has 0 spiro atoms. The topological polar surface area (TPSA) is 61.0 Å². The van der Waals surface area contributed by atoms with E-state index >= 15 is 0 Å². The lowest BCUT2D eigenvalue weighted by atomic mass is 9.96. The van der Waals surface area contributed by atoms with Crippen LogP contribution in [0.5, 0.6) is 0 Å². The number of hydrogen-bond donors (Lipinski definition) is 2. The fourth-order valence-electron chi connectivity index (χ4n) is 3.59. The molecule has 3 aromatic rings. The number of aromatic amines is 1. The van der Waals surface area contributed by atoms with Crippen LogP contribution in [0.2, 0.25) is 0 Å². The number of nitrogens with one attached hydrogen (secondary N) is 2. The van der Waals surface area contributed by atoms with Crippen molar-refractivity contribution in [3.63, 3.8) is 0 Å². The van der Waals surface area contributed by atoms with Crippen LogP contribution in [-0.2, 0) is 11.3 Å². The van der Waals surface area contributed by atoms with Crippen LogP contribution in [0.15, 0.2) is 46.9 Å². The van der Waals surface area contributed by atoms with Gasteiger partial charge >= 0.3 is 0 Å². The lowest BCUT2D eigenvalue weighted by Gasteiger charge is -2.30. The number of rotatable bonds is 4. The van der Waals surface area contributed by atoms with Crippen molar-refractivity contribution in [1.82, 2.24) is 14.9 Å². The summed E-state index contributed by atoms with van der Waals surface area (Å²) >= 11 is 3.41. The maximum Gasteiger partial charge on any atom is 0.227 e. The van der Waals surface area contributed by atoms with Crippen LogP contribution in [0.1, 0.15) is 24.2 Å². The number of hydrogen-bond acceptors (Lipinski definition) is 3. The van der Waals surface area contributed by atoms with Gasteiger partial charge in [0.1, 0.15) is 5.82 Å². The van der Waals surface area contributed by atoms with Gasteiger partial charge in [-0.1, -0.05) is 22.0 Å². The van der Waals surface area contributed by atoms with Gasteiger partial charge in [-0.3, -0.25) is 9.69 Å². The van der Waals surface area contributed by atoms with E-state index in [1.54, 1.807) is 0 Å². The average molecular weight is 427 g/mol. The Morgan fingerprint density at radius 3 is 2.70 bits per heavy atom. The zero-order valence-electron chi connectivity index (χ0n) is 15.3. The summed E-state index contributed by atoms with van der Waals surface area (Å²) in [5.74, 6) is 1.19. The summed E-state index contributed by atoms with van der Waals surface area (Å²) < 4.78 is 1.01. The number of carbonyl (C=O) groups excluding carboxylic acids is 1. The second-order valence-corrected chi connectivity index (χ2v) is 8.17. The molecule has 5 nitrogen and oxygen atoms in total. The van der Waals surface area contributed by atoms with Crippen molar-refractivity contribution in [1.29, 1.82) is 0 Å². The molecule has 2 aromatic carbocycles. The molecule has 0 aliphatic carbocycles. The summed E-state index contributed by atoms with van der Waals surface area (Å²) in [6.07, 6.45) is 1.75. The Kier molecular flexibility index (Phi) is 5.27. The molecular weight excluding hydrogens is 404 g/mol. The molecule has 2 N–H and O–H groups in total. The number of aryl methyl sites for hydroxylation is 1. The highest BCUT2D eigenvalue weighted by molar-refractivity contribution is 9.10. The molecule has 0 bridgehead atoms. The number of fused-ring (bicyclic) bond motifs is 1. The summed E-state index contributed by atoms with van der Waals surface area (Å²) in [7, 11) is 0. The summed E-state index contributed by atoms with van der Waals surface area (Å²) in [6, 6.07) is 14.0. The quantitative estimate of drug-likeness (QED) is 0.645. The number of likely N-dealkylation sites (tertiary alicyclic amines) is 1. The van der Waals surface area contributed by atoms with Crippen LogP contribution in [0.4, 0.5) is 5.69 Å². The third-order valence-corrected chi connectivity index (χ3v) is 5.66. The van der Waals surface area contributed by atoms with E-state index in [2.05, 4.69) is 61.2 Å². The molecule has 0 saturated carbocycles. The number of benzene rings is 2. The molecular formula is C21H23BrN4O. The zero-order chi connectivity index (χ0) is 18.8. The van der Waals surface area contributed by atoms with Crippen LogP contribution in [0, 0.1) is 12.8 Å². The van der Waals surface area contributed by atoms with Gasteiger partial charge < -0.3 is 10.3 Å². The fraction of sp³-hybridized carbons (Fsp3) is 0.333. The number of H-pyrrole nitrogens is 1. The lowest BCUT2D eigenvalue weighted by molar-refractivity contribution is -0.121. The van der Waals surface area contributed by atoms with Gasteiger partial charge in [0.05, 0.1) is 17.6 Å². The van der Waals surface area contributed by atoms with E-state index in [0.29, 0.717) is 0 Å². The van der Waals surface area contributed by atoms with Crippen molar-refractivity contribution in [3.8, 4) is 0 Å². The first-order chi connectivity index (χ1) is 13.1. The molecule has 1 saturated heterocycles. The van der Waals surface area contributed by atoms with E-state index in [9.17, 15) is 4.79 Å². The Labute approximate surface area is 167 Å². The molecule has 0 unspecified atom stereocenters. The van der Waals surface area contributed by atoms with Gasteiger partial charge in [-0.25, -0.2) is 4.98 Å². The number of nitrogens with zero attached hydrogens (tertiary/aromatic N) is 2. The first-order valence-electron chi connectivity index (χ1n) is 9.31. The van der Waals surface area contributed by atoms with Crippen LogP contribution in [0.25, 0.3) is 11.0 Å². The molecule has 1 aliphatic rings. The predicted octanol–water partition coefficient (Wildman–Crippen LogP) is 4.48. The van der Waals surface area contributed by atoms with Crippen LogP contribution in [0.3, 0.4) is 0 Å². The molecule has 2 heterocycles. The standard InChI is InChI=1S/C21H23BrN4O/c1-14-2-7-18-19(12-14)25-20(24-18)13-26-10-8-15(9-11-26)21(27)23-17-5-3-16(22)4-6-17/h2-7,12,15H,8-11,13H2,1H3,(H,23,27)(H,24,25). The Morgan fingerprint density at radius 1 is 1.22 bits per heavy atom. The van der Waals surface area contributed by atoms with Crippen molar-refractivity contribution >= 4 is 38.6 Å².